The summed E-state index contributed by atoms with van der Waals surface area (Å²) in [7, 11) is 0. The number of nitrogens with zero attached hydrogens (tertiary/aromatic N) is 2. The van der Waals surface area contributed by atoms with Crippen molar-refractivity contribution in [1.29, 1.82) is 0 Å². The molecule has 0 radical (unpaired) electrons. The fourth-order valence-corrected chi connectivity index (χ4v) is 4.47. The number of aliphatic hydroxyl groups is 1. The second kappa shape index (κ2) is 9.02. The fraction of sp³-hybridized carbons (Fsp3) is 0.400. The van der Waals surface area contributed by atoms with E-state index in [1.165, 1.54) is 22.4 Å². The molecule has 4 rings (SSSR count). The van der Waals surface area contributed by atoms with Gasteiger partial charge in [-0.1, -0.05) is 12.1 Å². The van der Waals surface area contributed by atoms with Gasteiger partial charge in [-0.05, 0) is 81.0 Å². The van der Waals surface area contributed by atoms with E-state index < -0.39 is 0 Å². The van der Waals surface area contributed by atoms with Crippen molar-refractivity contribution in [2.45, 2.75) is 59.2 Å². The number of benzene rings is 2. The number of aryl methyl sites for hydroxylation is 2. The summed E-state index contributed by atoms with van der Waals surface area (Å²) in [5.74, 6) is 0.762. The van der Waals surface area contributed by atoms with Gasteiger partial charge < -0.3 is 15.2 Å². The van der Waals surface area contributed by atoms with Crippen molar-refractivity contribution in [3.05, 3.63) is 76.1 Å². The molecule has 5 heteroatoms. The van der Waals surface area contributed by atoms with Gasteiger partial charge in [-0.15, -0.1) is 0 Å². The smallest absolute Gasteiger partial charge is 0.124 e. The van der Waals surface area contributed by atoms with Crippen LogP contribution < -0.4 is 10.1 Å². The molecule has 0 saturated heterocycles. The number of nitrogens with one attached hydrogen (secondary N) is 1. The first-order valence-electron chi connectivity index (χ1n) is 10.8. The Balaban J connectivity index is 1.53. The summed E-state index contributed by atoms with van der Waals surface area (Å²) in [6, 6.07) is 12.9. The molecule has 30 heavy (non-hydrogen) atoms. The molecule has 1 aromatic heterocycles. The molecule has 0 aliphatic heterocycles. The number of rotatable bonds is 7. The van der Waals surface area contributed by atoms with Crippen LogP contribution in [0.1, 0.15) is 59.3 Å². The lowest BCUT2D eigenvalue weighted by molar-refractivity contribution is 0.267. The third-order valence-corrected chi connectivity index (χ3v) is 5.78. The molecule has 1 atom stereocenters. The molecular weight excluding hydrogens is 374 g/mol. The maximum Gasteiger partial charge on any atom is 0.124 e. The molecule has 1 heterocycles. The predicted molar refractivity (Wildman–Crippen MR) is 119 cm³/mol. The molecule has 1 aliphatic carbocycles. The number of fused-ring (bicyclic) bond motifs is 1. The van der Waals surface area contributed by atoms with Gasteiger partial charge in [-0.2, -0.15) is 5.10 Å². The van der Waals surface area contributed by atoms with E-state index in [0.29, 0.717) is 6.61 Å². The Morgan fingerprint density at radius 2 is 1.97 bits per heavy atom. The Morgan fingerprint density at radius 3 is 2.70 bits per heavy atom. The first-order valence-corrected chi connectivity index (χ1v) is 10.8. The summed E-state index contributed by atoms with van der Waals surface area (Å²) in [5, 5.41) is 18.1. The maximum absolute atomic E-state index is 9.66. The van der Waals surface area contributed by atoms with Crippen LogP contribution in [0, 0.1) is 13.8 Å². The molecule has 158 valence electrons. The van der Waals surface area contributed by atoms with Crippen LogP contribution in [-0.4, -0.2) is 21.5 Å². The zero-order chi connectivity index (χ0) is 21.1. The summed E-state index contributed by atoms with van der Waals surface area (Å²) in [6.45, 7) is 7.55. The van der Waals surface area contributed by atoms with E-state index in [9.17, 15) is 5.11 Å². The molecule has 0 amide bonds. The van der Waals surface area contributed by atoms with Crippen LogP contribution in [0.3, 0.4) is 0 Å². The van der Waals surface area contributed by atoms with Gasteiger partial charge in [0, 0.05) is 29.4 Å². The second-order valence-electron chi connectivity index (χ2n) is 8.16. The largest absolute Gasteiger partial charge is 0.494 e. The lowest BCUT2D eigenvalue weighted by atomic mass is 9.92. The van der Waals surface area contributed by atoms with E-state index in [0.717, 1.165) is 48.4 Å². The van der Waals surface area contributed by atoms with Gasteiger partial charge in [0.1, 0.15) is 5.75 Å². The highest BCUT2D eigenvalue weighted by Crippen LogP contribution is 2.32. The van der Waals surface area contributed by atoms with Crippen LogP contribution in [0.2, 0.25) is 0 Å². The molecule has 2 N–H and O–H groups in total. The van der Waals surface area contributed by atoms with Crippen molar-refractivity contribution in [3.63, 3.8) is 0 Å². The first kappa shape index (κ1) is 20.6. The molecule has 0 bridgehead atoms. The first-order chi connectivity index (χ1) is 14.6. The molecule has 0 saturated carbocycles. The minimum absolute atomic E-state index is 0.0145. The maximum atomic E-state index is 9.66. The van der Waals surface area contributed by atoms with Gasteiger partial charge in [0.05, 0.1) is 25.1 Å². The highest BCUT2D eigenvalue weighted by molar-refractivity contribution is 5.42. The zero-order valence-corrected chi connectivity index (χ0v) is 18.1. The van der Waals surface area contributed by atoms with E-state index in [1.54, 1.807) is 0 Å². The number of aliphatic hydroxyl groups excluding tert-OH is 1. The van der Waals surface area contributed by atoms with Crippen LogP contribution in [0.5, 0.6) is 5.75 Å². The minimum Gasteiger partial charge on any atom is -0.494 e. The van der Waals surface area contributed by atoms with Crippen molar-refractivity contribution >= 4 is 0 Å². The summed E-state index contributed by atoms with van der Waals surface area (Å²) in [6.07, 6.45) is 5.33. The van der Waals surface area contributed by atoms with Crippen LogP contribution in [0.4, 0.5) is 0 Å². The van der Waals surface area contributed by atoms with E-state index in [2.05, 4.69) is 48.1 Å². The Kier molecular flexibility index (Phi) is 6.21. The third kappa shape index (κ3) is 4.27. The molecule has 0 spiro atoms. The summed E-state index contributed by atoms with van der Waals surface area (Å²) < 4.78 is 7.71. The molecule has 2 aromatic carbocycles. The van der Waals surface area contributed by atoms with Crippen LogP contribution in [0.15, 0.2) is 42.6 Å². The average molecular weight is 406 g/mol. The number of hydrogen-bond acceptors (Lipinski definition) is 4. The van der Waals surface area contributed by atoms with Crippen molar-refractivity contribution in [2.24, 2.45) is 0 Å². The summed E-state index contributed by atoms with van der Waals surface area (Å²) >= 11 is 0. The molecule has 0 fully saturated rings. The van der Waals surface area contributed by atoms with E-state index >= 15 is 0 Å². The monoisotopic (exact) mass is 405 g/mol. The van der Waals surface area contributed by atoms with Crippen molar-refractivity contribution in [2.75, 3.05) is 6.61 Å². The van der Waals surface area contributed by atoms with Crippen LogP contribution >= 0.6 is 0 Å². The Bertz CT molecular complexity index is 1000. The van der Waals surface area contributed by atoms with Gasteiger partial charge in [0.15, 0.2) is 0 Å². The van der Waals surface area contributed by atoms with Gasteiger partial charge >= 0.3 is 0 Å². The summed E-state index contributed by atoms with van der Waals surface area (Å²) in [5.41, 5.74) is 8.26. The number of hydrogen-bond donors (Lipinski definition) is 2. The number of ether oxygens (including phenoxy) is 1. The van der Waals surface area contributed by atoms with E-state index in [1.807, 2.05) is 25.3 Å². The predicted octanol–water partition coefficient (Wildman–Crippen LogP) is 4.55. The SMILES string of the molecule is CCOc1ccc(CN[C@@H]2CCCc3c2cnn3-c2cc(C)cc(C)c2)cc1CO. The van der Waals surface area contributed by atoms with Gasteiger partial charge in [0.2, 0.25) is 0 Å². The highest BCUT2D eigenvalue weighted by atomic mass is 16.5. The van der Waals surface area contributed by atoms with Crippen molar-refractivity contribution < 1.29 is 9.84 Å². The standard InChI is InChI=1S/C25H31N3O2/c1-4-30-25-9-8-19(13-20(25)16-29)14-26-23-6-5-7-24-22(23)15-27-28(24)21-11-17(2)10-18(3)12-21/h8-13,15,23,26,29H,4-7,14,16H2,1-3H3/t23-/m1/s1. The normalized spacial score (nSPS) is 15.8. The van der Waals surface area contributed by atoms with Gasteiger partial charge in [-0.3, -0.25) is 0 Å². The van der Waals surface area contributed by atoms with Gasteiger partial charge in [0.25, 0.3) is 0 Å². The lowest BCUT2D eigenvalue weighted by Crippen LogP contribution is -2.25. The quantitative estimate of drug-likeness (QED) is 0.606. The topological polar surface area (TPSA) is 59.3 Å². The second-order valence-corrected chi connectivity index (χ2v) is 8.16. The molecule has 3 aromatic rings. The Labute approximate surface area is 178 Å². The molecule has 1 aliphatic rings. The zero-order valence-electron chi connectivity index (χ0n) is 18.1. The summed E-state index contributed by atoms with van der Waals surface area (Å²) in [4.78, 5) is 0. The third-order valence-electron chi connectivity index (χ3n) is 5.78. The van der Waals surface area contributed by atoms with Crippen LogP contribution in [0.25, 0.3) is 5.69 Å². The van der Waals surface area contributed by atoms with Crippen LogP contribution in [-0.2, 0) is 19.6 Å². The minimum atomic E-state index is -0.0145. The van der Waals surface area contributed by atoms with Crippen molar-refractivity contribution in [1.82, 2.24) is 15.1 Å². The van der Waals surface area contributed by atoms with Gasteiger partial charge in [-0.25, -0.2) is 4.68 Å². The van der Waals surface area contributed by atoms with E-state index in [4.69, 9.17) is 9.84 Å². The Morgan fingerprint density at radius 1 is 1.17 bits per heavy atom. The highest BCUT2D eigenvalue weighted by Gasteiger charge is 2.24. The van der Waals surface area contributed by atoms with Crippen molar-refractivity contribution in [3.8, 4) is 11.4 Å². The fourth-order valence-electron chi connectivity index (χ4n) is 4.47. The average Bonchev–Trinajstić information content (AvgIpc) is 3.17. The number of aromatic nitrogens is 2. The lowest BCUT2D eigenvalue weighted by Gasteiger charge is -2.25. The molecule has 5 nitrogen and oxygen atoms in total. The Hall–Kier alpha value is -2.63. The molecule has 0 unspecified atom stereocenters. The molecular formula is C25H31N3O2. The van der Waals surface area contributed by atoms with E-state index in [-0.39, 0.29) is 12.6 Å².